The Morgan fingerprint density at radius 3 is 2.43 bits per heavy atom. The molecule has 0 heterocycles. The molecule has 2 rings (SSSR count). The molecule has 0 unspecified atom stereocenters. The summed E-state index contributed by atoms with van der Waals surface area (Å²) in [7, 11) is 1.42. The molecular formula is C19H20ClN3O4S. The van der Waals surface area contributed by atoms with Crippen LogP contribution in [0.1, 0.15) is 6.92 Å². The quantitative estimate of drug-likeness (QED) is 0.566. The number of carbonyl (C=O) groups is 3. The van der Waals surface area contributed by atoms with Crippen molar-refractivity contribution in [2.75, 3.05) is 35.4 Å². The van der Waals surface area contributed by atoms with E-state index in [1.165, 1.54) is 25.8 Å². The summed E-state index contributed by atoms with van der Waals surface area (Å²) in [4.78, 5) is 35.8. The molecule has 2 aromatic rings. The number of rotatable bonds is 8. The molecule has 9 heteroatoms. The van der Waals surface area contributed by atoms with E-state index in [1.54, 1.807) is 24.3 Å². The minimum Gasteiger partial charge on any atom is -0.375 e. The molecule has 3 N–H and O–H groups in total. The van der Waals surface area contributed by atoms with Crippen molar-refractivity contribution >= 4 is 58.1 Å². The van der Waals surface area contributed by atoms with E-state index in [-0.39, 0.29) is 30.1 Å². The van der Waals surface area contributed by atoms with Gasteiger partial charge in [-0.25, -0.2) is 0 Å². The molecule has 0 atom stereocenters. The van der Waals surface area contributed by atoms with E-state index in [1.807, 2.05) is 18.2 Å². The van der Waals surface area contributed by atoms with Gasteiger partial charge in [0.05, 0.1) is 22.2 Å². The van der Waals surface area contributed by atoms with E-state index in [0.717, 1.165) is 4.90 Å². The number of halogens is 1. The van der Waals surface area contributed by atoms with Crippen LogP contribution in [0.5, 0.6) is 0 Å². The zero-order valence-electron chi connectivity index (χ0n) is 15.4. The van der Waals surface area contributed by atoms with Gasteiger partial charge >= 0.3 is 0 Å². The lowest BCUT2D eigenvalue weighted by Gasteiger charge is -2.11. The molecule has 3 amide bonds. The minimum atomic E-state index is -0.324. The summed E-state index contributed by atoms with van der Waals surface area (Å²) in [6.45, 7) is 1.35. The molecule has 0 saturated heterocycles. The third kappa shape index (κ3) is 6.88. The number of benzene rings is 2. The molecule has 2 aromatic carbocycles. The molecule has 0 radical (unpaired) electrons. The van der Waals surface area contributed by atoms with Crippen LogP contribution in [-0.2, 0) is 19.1 Å². The maximum absolute atomic E-state index is 12.2. The normalized spacial score (nSPS) is 10.2. The second kappa shape index (κ2) is 10.7. The van der Waals surface area contributed by atoms with Gasteiger partial charge in [-0.1, -0.05) is 23.7 Å². The van der Waals surface area contributed by atoms with Gasteiger partial charge in [0, 0.05) is 24.6 Å². The van der Waals surface area contributed by atoms with E-state index in [2.05, 4.69) is 16.0 Å². The van der Waals surface area contributed by atoms with Gasteiger partial charge in [-0.05, 0) is 30.3 Å². The highest BCUT2D eigenvalue weighted by molar-refractivity contribution is 8.00. The number of hydrogen-bond acceptors (Lipinski definition) is 5. The molecule has 0 fully saturated rings. The predicted molar refractivity (Wildman–Crippen MR) is 112 cm³/mol. The van der Waals surface area contributed by atoms with Crippen molar-refractivity contribution in [1.82, 2.24) is 0 Å². The second-order valence-electron chi connectivity index (χ2n) is 5.69. The Hall–Kier alpha value is -2.55. The first kappa shape index (κ1) is 21.7. The molecule has 0 saturated carbocycles. The zero-order chi connectivity index (χ0) is 20.5. The fraction of sp³-hybridized carbons (Fsp3) is 0.211. The monoisotopic (exact) mass is 421 g/mol. The van der Waals surface area contributed by atoms with Crippen LogP contribution in [0.2, 0.25) is 5.02 Å². The number of anilines is 3. The van der Waals surface area contributed by atoms with Crippen molar-refractivity contribution in [2.45, 2.75) is 11.8 Å². The Kier molecular flexibility index (Phi) is 8.31. The summed E-state index contributed by atoms with van der Waals surface area (Å²) in [6.07, 6.45) is 0. The standard InChI is InChI=1S/C19H20ClN3O4S/c1-12(24)21-16-5-3-4-6-17(16)28-11-19(26)22-13-7-8-15(14(20)9-13)23-18(25)10-27-2/h3-9H,10-11H2,1-2H3,(H,21,24)(H,22,26)(H,23,25). The number of para-hydroxylation sites is 1. The number of methoxy groups -OCH3 is 1. The Labute approximate surface area is 172 Å². The van der Waals surface area contributed by atoms with Crippen LogP contribution in [0.15, 0.2) is 47.4 Å². The molecule has 28 heavy (non-hydrogen) atoms. The lowest BCUT2D eigenvalue weighted by molar-refractivity contribution is -0.119. The fourth-order valence-electron chi connectivity index (χ4n) is 2.24. The van der Waals surface area contributed by atoms with Crippen molar-refractivity contribution in [3.8, 4) is 0 Å². The molecule has 0 aliphatic heterocycles. The maximum atomic E-state index is 12.2. The highest BCUT2D eigenvalue weighted by atomic mass is 35.5. The number of amides is 3. The number of thioether (sulfide) groups is 1. The minimum absolute atomic E-state index is 0.0774. The largest absolute Gasteiger partial charge is 0.375 e. The highest BCUT2D eigenvalue weighted by Gasteiger charge is 2.10. The molecule has 0 aliphatic carbocycles. The van der Waals surface area contributed by atoms with Gasteiger partial charge in [-0.2, -0.15) is 0 Å². The van der Waals surface area contributed by atoms with Gasteiger partial charge in [0.2, 0.25) is 17.7 Å². The molecule has 148 valence electrons. The average Bonchev–Trinajstić information content (AvgIpc) is 2.63. The van der Waals surface area contributed by atoms with E-state index < -0.39 is 0 Å². The van der Waals surface area contributed by atoms with Gasteiger partial charge in [-0.3, -0.25) is 14.4 Å². The fourth-order valence-corrected chi connectivity index (χ4v) is 3.27. The van der Waals surface area contributed by atoms with Crippen LogP contribution in [0.3, 0.4) is 0 Å². The van der Waals surface area contributed by atoms with Crippen LogP contribution >= 0.6 is 23.4 Å². The molecule has 0 bridgehead atoms. The first-order valence-corrected chi connectivity index (χ1v) is 9.63. The van der Waals surface area contributed by atoms with Crippen molar-refractivity contribution in [3.05, 3.63) is 47.5 Å². The molecule has 7 nitrogen and oxygen atoms in total. The number of ether oxygens (including phenoxy) is 1. The Balaban J connectivity index is 1.94. The van der Waals surface area contributed by atoms with Crippen LogP contribution in [0, 0.1) is 0 Å². The van der Waals surface area contributed by atoms with Crippen molar-refractivity contribution in [2.24, 2.45) is 0 Å². The van der Waals surface area contributed by atoms with Crippen molar-refractivity contribution in [3.63, 3.8) is 0 Å². The van der Waals surface area contributed by atoms with Gasteiger partial charge in [0.25, 0.3) is 0 Å². The van der Waals surface area contributed by atoms with E-state index in [0.29, 0.717) is 22.1 Å². The molecule has 0 aliphatic rings. The topological polar surface area (TPSA) is 96.5 Å². The van der Waals surface area contributed by atoms with Gasteiger partial charge < -0.3 is 20.7 Å². The summed E-state index contributed by atoms with van der Waals surface area (Å²) < 4.78 is 4.75. The van der Waals surface area contributed by atoms with E-state index in [4.69, 9.17) is 16.3 Å². The molecule has 0 aromatic heterocycles. The van der Waals surface area contributed by atoms with E-state index >= 15 is 0 Å². The Morgan fingerprint density at radius 2 is 1.75 bits per heavy atom. The van der Waals surface area contributed by atoms with Crippen LogP contribution in [0.25, 0.3) is 0 Å². The Morgan fingerprint density at radius 1 is 1.00 bits per heavy atom. The summed E-state index contributed by atoms with van der Waals surface area (Å²) in [6, 6.07) is 12.0. The number of carbonyl (C=O) groups excluding carboxylic acids is 3. The zero-order valence-corrected chi connectivity index (χ0v) is 16.9. The van der Waals surface area contributed by atoms with Gasteiger partial charge in [0.15, 0.2) is 0 Å². The smallest absolute Gasteiger partial charge is 0.250 e. The summed E-state index contributed by atoms with van der Waals surface area (Å²) in [5, 5.41) is 8.39. The number of hydrogen-bond donors (Lipinski definition) is 3. The van der Waals surface area contributed by atoms with Crippen LogP contribution in [0.4, 0.5) is 17.1 Å². The Bertz CT molecular complexity index is 876. The lowest BCUT2D eigenvalue weighted by Crippen LogP contribution is -2.17. The highest BCUT2D eigenvalue weighted by Crippen LogP contribution is 2.28. The third-order valence-corrected chi connectivity index (χ3v) is 4.75. The van der Waals surface area contributed by atoms with Gasteiger partial charge in [0.1, 0.15) is 6.61 Å². The first-order chi connectivity index (χ1) is 13.4. The second-order valence-corrected chi connectivity index (χ2v) is 7.11. The molecular weight excluding hydrogens is 402 g/mol. The maximum Gasteiger partial charge on any atom is 0.250 e. The van der Waals surface area contributed by atoms with Crippen molar-refractivity contribution < 1.29 is 19.1 Å². The van der Waals surface area contributed by atoms with E-state index in [9.17, 15) is 14.4 Å². The lowest BCUT2D eigenvalue weighted by atomic mass is 10.2. The van der Waals surface area contributed by atoms with Crippen LogP contribution in [-0.4, -0.2) is 37.2 Å². The SMILES string of the molecule is COCC(=O)Nc1ccc(NC(=O)CSc2ccccc2NC(C)=O)cc1Cl. The average molecular weight is 422 g/mol. The molecule has 0 spiro atoms. The van der Waals surface area contributed by atoms with Crippen molar-refractivity contribution in [1.29, 1.82) is 0 Å². The summed E-state index contributed by atoms with van der Waals surface area (Å²) in [5.74, 6) is -0.573. The first-order valence-electron chi connectivity index (χ1n) is 8.26. The number of nitrogens with one attached hydrogen (secondary N) is 3. The third-order valence-electron chi connectivity index (χ3n) is 3.36. The van der Waals surface area contributed by atoms with Gasteiger partial charge in [-0.15, -0.1) is 11.8 Å². The van der Waals surface area contributed by atoms with Crippen LogP contribution < -0.4 is 16.0 Å². The predicted octanol–water partition coefficient (Wildman–Crippen LogP) is 3.61. The summed E-state index contributed by atoms with van der Waals surface area (Å²) >= 11 is 7.45. The summed E-state index contributed by atoms with van der Waals surface area (Å²) in [5.41, 5.74) is 1.60.